The third-order valence-corrected chi connectivity index (χ3v) is 7.26. The number of halogens is 3. The normalized spacial score (nSPS) is 15.3. The molecule has 3 aromatic rings. The molecule has 7 nitrogen and oxygen atoms in total. The van der Waals surface area contributed by atoms with Gasteiger partial charge >= 0.3 is 12.6 Å². The van der Waals surface area contributed by atoms with Crippen molar-refractivity contribution in [2.24, 2.45) is 4.99 Å². The number of carbonyl (C=O) groups excluding carboxylic acids is 1. The Labute approximate surface area is 229 Å². The monoisotopic (exact) mass is 606 g/mol. The van der Waals surface area contributed by atoms with E-state index in [1.807, 2.05) is 19.1 Å². The molecule has 1 aliphatic rings. The number of aromatic nitrogens is 1. The van der Waals surface area contributed by atoms with E-state index in [9.17, 15) is 18.4 Å². The molecule has 0 bridgehead atoms. The molecule has 0 saturated heterocycles. The standard InChI is InChI=1S/C27H25BrF2N2O5S/c1-4-6-19-22(25(34)36-5-2)23(18-14-16(28)9-12-20(18)35-3)32-24(33)21(38-27(32)31-19)13-15-7-10-17(11-8-15)37-26(29)30/h7-14,23,26H,4-6H2,1-3H3/b21-13-/t23-/m1/s1. The summed E-state index contributed by atoms with van der Waals surface area (Å²) in [5.41, 5.74) is 1.71. The van der Waals surface area contributed by atoms with E-state index in [-0.39, 0.29) is 23.5 Å². The Morgan fingerprint density at radius 1 is 1.21 bits per heavy atom. The zero-order valence-corrected chi connectivity index (χ0v) is 23.3. The van der Waals surface area contributed by atoms with Crippen LogP contribution in [0.25, 0.3) is 6.08 Å². The highest BCUT2D eigenvalue weighted by Gasteiger charge is 2.36. The van der Waals surface area contributed by atoms with E-state index < -0.39 is 18.6 Å². The molecule has 0 saturated carbocycles. The lowest BCUT2D eigenvalue weighted by atomic mass is 9.93. The smallest absolute Gasteiger partial charge is 0.387 e. The molecule has 0 spiro atoms. The first-order chi connectivity index (χ1) is 18.3. The summed E-state index contributed by atoms with van der Waals surface area (Å²) in [6.45, 7) is 0.946. The average molecular weight is 607 g/mol. The van der Waals surface area contributed by atoms with E-state index in [0.717, 1.165) is 10.9 Å². The third-order valence-electron chi connectivity index (χ3n) is 5.78. The van der Waals surface area contributed by atoms with Crippen molar-refractivity contribution < 1.29 is 27.8 Å². The van der Waals surface area contributed by atoms with Gasteiger partial charge in [-0.2, -0.15) is 8.78 Å². The maximum absolute atomic E-state index is 13.8. The number of ether oxygens (including phenoxy) is 3. The maximum Gasteiger partial charge on any atom is 0.387 e. The number of allylic oxidation sites excluding steroid dienone is 1. The van der Waals surface area contributed by atoms with Crippen LogP contribution in [0.4, 0.5) is 8.78 Å². The van der Waals surface area contributed by atoms with Crippen LogP contribution in [0, 0.1) is 0 Å². The molecular formula is C27H25BrF2N2O5S. The van der Waals surface area contributed by atoms with Crippen LogP contribution < -0.4 is 24.4 Å². The van der Waals surface area contributed by atoms with Crippen molar-refractivity contribution in [3.05, 3.63) is 89.0 Å². The van der Waals surface area contributed by atoms with Crippen LogP contribution in [0.1, 0.15) is 43.9 Å². The molecule has 0 radical (unpaired) electrons. The number of alkyl halides is 2. The molecule has 1 atom stereocenters. The summed E-state index contributed by atoms with van der Waals surface area (Å²) >= 11 is 4.68. The number of hydrogen-bond acceptors (Lipinski definition) is 7. The van der Waals surface area contributed by atoms with Gasteiger partial charge in [0.15, 0.2) is 4.80 Å². The number of rotatable bonds is 9. The fourth-order valence-electron chi connectivity index (χ4n) is 4.23. The van der Waals surface area contributed by atoms with Crippen molar-refractivity contribution in [3.8, 4) is 11.5 Å². The molecule has 11 heteroatoms. The van der Waals surface area contributed by atoms with Crippen LogP contribution in [0.5, 0.6) is 11.5 Å². The first-order valence-corrected chi connectivity index (χ1v) is 13.5. The lowest BCUT2D eigenvalue weighted by molar-refractivity contribution is -0.139. The minimum atomic E-state index is -2.93. The summed E-state index contributed by atoms with van der Waals surface area (Å²) in [7, 11) is 1.53. The van der Waals surface area contributed by atoms with E-state index in [2.05, 4.69) is 20.7 Å². The average Bonchev–Trinajstić information content (AvgIpc) is 3.18. The van der Waals surface area contributed by atoms with Crippen LogP contribution >= 0.6 is 27.3 Å². The molecule has 2 aromatic carbocycles. The molecule has 38 heavy (non-hydrogen) atoms. The Morgan fingerprint density at radius 2 is 1.95 bits per heavy atom. The van der Waals surface area contributed by atoms with Gasteiger partial charge in [0.25, 0.3) is 5.56 Å². The largest absolute Gasteiger partial charge is 0.496 e. The molecule has 1 aliphatic heterocycles. The Kier molecular flexibility index (Phi) is 8.78. The zero-order chi connectivity index (χ0) is 27.4. The van der Waals surface area contributed by atoms with E-state index in [0.29, 0.717) is 38.3 Å². The summed E-state index contributed by atoms with van der Waals surface area (Å²) in [6.07, 6.45) is 2.89. The summed E-state index contributed by atoms with van der Waals surface area (Å²) in [5, 5.41) is 0. The predicted octanol–water partition coefficient (Wildman–Crippen LogP) is 4.95. The van der Waals surface area contributed by atoms with Gasteiger partial charge in [0, 0.05) is 10.0 Å². The second-order valence-electron chi connectivity index (χ2n) is 8.25. The van der Waals surface area contributed by atoms with E-state index in [1.54, 1.807) is 31.2 Å². The zero-order valence-electron chi connectivity index (χ0n) is 20.9. The SMILES string of the molecule is CCCC1=C(C(=O)OCC)[C@@H](c2cc(Br)ccc2OC)n2c(s/c(=C\c3ccc(OC(F)F)cc3)c2=O)=N1. The number of methoxy groups -OCH3 is 1. The molecule has 4 rings (SSSR count). The third kappa shape index (κ3) is 5.73. The Hall–Kier alpha value is -3.31. The number of thiazole rings is 1. The van der Waals surface area contributed by atoms with Crippen LogP contribution in [0.3, 0.4) is 0 Å². The lowest BCUT2D eigenvalue weighted by Gasteiger charge is -2.27. The molecule has 0 fully saturated rings. The fourth-order valence-corrected chi connectivity index (χ4v) is 5.63. The first kappa shape index (κ1) is 27.7. The van der Waals surface area contributed by atoms with Gasteiger partial charge in [0.05, 0.1) is 29.5 Å². The van der Waals surface area contributed by atoms with Crippen molar-refractivity contribution >= 4 is 39.3 Å². The van der Waals surface area contributed by atoms with Gasteiger partial charge in [0.2, 0.25) is 0 Å². The fraction of sp³-hybridized carbons (Fsp3) is 0.296. The highest BCUT2D eigenvalue weighted by Crippen LogP contribution is 2.38. The van der Waals surface area contributed by atoms with E-state index in [1.165, 1.54) is 35.1 Å². The van der Waals surface area contributed by atoms with E-state index in [4.69, 9.17) is 14.5 Å². The van der Waals surface area contributed by atoms with Gasteiger partial charge in [-0.3, -0.25) is 9.36 Å². The number of hydrogen-bond donors (Lipinski definition) is 0. The molecule has 0 aliphatic carbocycles. The maximum atomic E-state index is 13.8. The molecular weight excluding hydrogens is 582 g/mol. The Balaban J connectivity index is 1.96. The van der Waals surface area contributed by atoms with E-state index >= 15 is 0 Å². The molecule has 0 amide bonds. The van der Waals surface area contributed by atoms with Crippen LogP contribution in [-0.4, -0.2) is 30.9 Å². The van der Waals surface area contributed by atoms with Crippen LogP contribution in [0.2, 0.25) is 0 Å². The highest BCUT2D eigenvalue weighted by atomic mass is 79.9. The number of fused-ring (bicyclic) bond motifs is 1. The lowest BCUT2D eigenvalue weighted by Crippen LogP contribution is -2.40. The summed E-state index contributed by atoms with van der Waals surface area (Å²) < 4.78 is 43.0. The quantitative estimate of drug-likeness (QED) is 0.322. The number of benzene rings is 2. The number of nitrogens with zero attached hydrogens (tertiary/aromatic N) is 2. The van der Waals surface area contributed by atoms with Gasteiger partial charge < -0.3 is 14.2 Å². The number of carbonyl (C=O) groups is 1. The van der Waals surface area contributed by atoms with Crippen LogP contribution in [0.15, 0.2) is 68.0 Å². The Bertz CT molecular complexity index is 1550. The van der Waals surface area contributed by atoms with Crippen molar-refractivity contribution in [2.75, 3.05) is 13.7 Å². The van der Waals surface area contributed by atoms with Crippen molar-refractivity contribution in [2.45, 2.75) is 39.3 Å². The Morgan fingerprint density at radius 3 is 2.58 bits per heavy atom. The van der Waals surface area contributed by atoms with Crippen molar-refractivity contribution in [1.29, 1.82) is 0 Å². The van der Waals surface area contributed by atoms with Crippen LogP contribution in [-0.2, 0) is 9.53 Å². The first-order valence-electron chi connectivity index (χ1n) is 11.9. The minimum Gasteiger partial charge on any atom is -0.496 e. The van der Waals surface area contributed by atoms with Gasteiger partial charge in [-0.05, 0) is 55.3 Å². The van der Waals surface area contributed by atoms with Gasteiger partial charge in [0.1, 0.15) is 17.5 Å². The number of esters is 1. The van der Waals surface area contributed by atoms with Crippen molar-refractivity contribution in [3.63, 3.8) is 0 Å². The molecule has 200 valence electrons. The van der Waals surface area contributed by atoms with Gasteiger partial charge in [-0.15, -0.1) is 0 Å². The second kappa shape index (κ2) is 12.0. The highest BCUT2D eigenvalue weighted by molar-refractivity contribution is 9.10. The summed E-state index contributed by atoms with van der Waals surface area (Å²) in [6, 6.07) is 10.5. The topological polar surface area (TPSA) is 79.1 Å². The predicted molar refractivity (Wildman–Crippen MR) is 143 cm³/mol. The molecule has 0 N–H and O–H groups in total. The molecule has 0 unspecified atom stereocenters. The van der Waals surface area contributed by atoms with Crippen molar-refractivity contribution in [1.82, 2.24) is 4.57 Å². The minimum absolute atomic E-state index is 0.0173. The molecule has 2 heterocycles. The summed E-state index contributed by atoms with van der Waals surface area (Å²) in [5.74, 6) is -0.0267. The second-order valence-corrected chi connectivity index (χ2v) is 10.2. The summed E-state index contributed by atoms with van der Waals surface area (Å²) in [4.78, 5) is 32.3. The molecule has 1 aromatic heterocycles. The van der Waals surface area contributed by atoms with Gasteiger partial charge in [-0.25, -0.2) is 9.79 Å². The van der Waals surface area contributed by atoms with Gasteiger partial charge in [-0.1, -0.05) is 52.7 Å².